The van der Waals surface area contributed by atoms with E-state index in [-0.39, 0.29) is 14.8 Å². The fourth-order valence-corrected chi connectivity index (χ4v) is 5.69. The molecule has 3 heterocycles. The van der Waals surface area contributed by atoms with E-state index in [2.05, 4.69) is 4.98 Å². The molecule has 7 nitrogen and oxygen atoms in total. The van der Waals surface area contributed by atoms with Crippen molar-refractivity contribution in [3.63, 3.8) is 0 Å². The summed E-state index contributed by atoms with van der Waals surface area (Å²) in [7, 11) is 0. The van der Waals surface area contributed by atoms with E-state index in [1.807, 2.05) is 4.90 Å². The molecular formula is C16H14F3N3O4S2. The van der Waals surface area contributed by atoms with E-state index in [0.717, 1.165) is 17.1 Å². The maximum absolute atomic E-state index is 13.0. The maximum Gasteiger partial charge on any atom is 0.416 e. The van der Waals surface area contributed by atoms with Crippen LogP contribution in [-0.4, -0.2) is 40.3 Å². The highest BCUT2D eigenvalue weighted by Crippen LogP contribution is 2.43. The monoisotopic (exact) mass is 433 g/mol. The number of hydrogen-bond acceptors (Lipinski definition) is 8. The van der Waals surface area contributed by atoms with Crippen molar-refractivity contribution in [2.45, 2.75) is 24.0 Å². The zero-order valence-electron chi connectivity index (χ0n) is 14.3. The van der Waals surface area contributed by atoms with E-state index in [1.54, 1.807) is 11.8 Å². The molecule has 0 bridgehead atoms. The van der Waals surface area contributed by atoms with E-state index in [1.165, 1.54) is 0 Å². The van der Waals surface area contributed by atoms with Crippen LogP contribution in [0.5, 0.6) is 0 Å². The van der Waals surface area contributed by atoms with Crippen molar-refractivity contribution in [1.82, 2.24) is 4.98 Å². The van der Waals surface area contributed by atoms with Gasteiger partial charge in [0.15, 0.2) is 5.13 Å². The van der Waals surface area contributed by atoms with Gasteiger partial charge in [0.2, 0.25) is 0 Å². The number of nitro groups is 1. The van der Waals surface area contributed by atoms with E-state index < -0.39 is 33.3 Å². The first kappa shape index (κ1) is 19.4. The molecule has 1 aromatic carbocycles. The fraction of sp³-hybridized carbons (Fsp3) is 0.500. The van der Waals surface area contributed by atoms with Crippen molar-refractivity contribution < 1.29 is 22.8 Å². The summed E-state index contributed by atoms with van der Waals surface area (Å²) < 4.78 is 44.8. The average Bonchev–Trinajstić information content (AvgIpc) is 3.08. The third-order valence-corrected chi connectivity index (χ3v) is 7.41. The summed E-state index contributed by atoms with van der Waals surface area (Å²) in [4.78, 5) is 28.4. The lowest BCUT2D eigenvalue weighted by molar-refractivity contribution is -0.383. The molecule has 1 spiro atoms. The minimum Gasteiger partial charge on any atom is -0.363 e. The molecule has 2 saturated heterocycles. The van der Waals surface area contributed by atoms with Gasteiger partial charge in [-0.15, -0.1) is 11.8 Å². The number of non-ortho nitro benzene ring substituents is 1. The lowest BCUT2D eigenvalue weighted by atomic mass is 10.1. The van der Waals surface area contributed by atoms with Crippen LogP contribution < -0.4 is 10.5 Å². The number of anilines is 1. The van der Waals surface area contributed by atoms with Gasteiger partial charge in [-0.1, -0.05) is 11.3 Å². The number of piperidine rings is 1. The Kier molecular flexibility index (Phi) is 4.74. The van der Waals surface area contributed by atoms with Crippen LogP contribution in [0.2, 0.25) is 0 Å². The maximum atomic E-state index is 13.0. The number of rotatable bonds is 2. The molecular weight excluding hydrogens is 419 g/mol. The number of hydrogen-bond donors (Lipinski definition) is 0. The highest BCUT2D eigenvalue weighted by Gasteiger charge is 2.40. The Labute approximate surface area is 164 Å². The molecule has 150 valence electrons. The van der Waals surface area contributed by atoms with Crippen LogP contribution in [0, 0.1) is 10.1 Å². The normalized spacial score (nSPS) is 19.5. The lowest BCUT2D eigenvalue weighted by Gasteiger charge is -2.37. The van der Waals surface area contributed by atoms with Gasteiger partial charge in [-0.25, -0.2) is 0 Å². The number of nitro benzene ring substituents is 1. The Bertz CT molecular complexity index is 995. The van der Waals surface area contributed by atoms with E-state index in [0.29, 0.717) is 44.7 Å². The molecule has 28 heavy (non-hydrogen) atoms. The van der Waals surface area contributed by atoms with Gasteiger partial charge < -0.3 is 9.64 Å². The van der Waals surface area contributed by atoms with Gasteiger partial charge in [-0.05, 0) is 6.07 Å². The molecule has 4 rings (SSSR count). The van der Waals surface area contributed by atoms with Crippen LogP contribution >= 0.6 is 23.1 Å². The minimum atomic E-state index is -4.80. The van der Waals surface area contributed by atoms with Gasteiger partial charge >= 0.3 is 6.18 Å². The number of thioether (sulfide) groups is 1. The molecule has 2 aliphatic rings. The smallest absolute Gasteiger partial charge is 0.363 e. The Morgan fingerprint density at radius 1 is 1.29 bits per heavy atom. The molecule has 1 aromatic heterocycles. The number of benzene rings is 1. The average molecular weight is 433 g/mol. The zero-order valence-corrected chi connectivity index (χ0v) is 16.0. The van der Waals surface area contributed by atoms with Crippen molar-refractivity contribution >= 4 is 44.0 Å². The van der Waals surface area contributed by atoms with E-state index >= 15 is 0 Å². The third kappa shape index (κ3) is 3.44. The molecule has 0 radical (unpaired) electrons. The van der Waals surface area contributed by atoms with Crippen molar-refractivity contribution in [3.05, 3.63) is 38.2 Å². The number of fused-ring (bicyclic) bond motifs is 1. The number of nitrogens with zero attached hydrogens (tertiary/aromatic N) is 3. The Balaban J connectivity index is 1.75. The number of ether oxygens (including phenoxy) is 1. The molecule has 0 aliphatic carbocycles. The number of alkyl halides is 3. The van der Waals surface area contributed by atoms with Crippen LogP contribution in [0.3, 0.4) is 0 Å². The van der Waals surface area contributed by atoms with Gasteiger partial charge in [0, 0.05) is 37.8 Å². The topological polar surface area (TPSA) is 85.6 Å². The molecule has 0 saturated carbocycles. The first-order valence-corrected chi connectivity index (χ1v) is 10.2. The molecule has 0 amide bonds. The van der Waals surface area contributed by atoms with Gasteiger partial charge in [-0.2, -0.15) is 18.2 Å². The predicted octanol–water partition coefficient (Wildman–Crippen LogP) is 3.64. The molecule has 0 N–H and O–H groups in total. The first-order valence-electron chi connectivity index (χ1n) is 8.42. The predicted molar refractivity (Wildman–Crippen MR) is 100 cm³/mol. The summed E-state index contributed by atoms with van der Waals surface area (Å²) in [5, 5.41) is 11.2. The second kappa shape index (κ2) is 6.85. The number of aromatic nitrogens is 1. The van der Waals surface area contributed by atoms with Gasteiger partial charge in [0.25, 0.3) is 11.2 Å². The van der Waals surface area contributed by atoms with Crippen LogP contribution in [0.15, 0.2) is 16.9 Å². The van der Waals surface area contributed by atoms with Gasteiger partial charge in [0.05, 0.1) is 22.5 Å². The van der Waals surface area contributed by atoms with Crippen LogP contribution in [0.25, 0.3) is 10.1 Å². The Morgan fingerprint density at radius 2 is 2.00 bits per heavy atom. The lowest BCUT2D eigenvalue weighted by Crippen LogP contribution is -2.42. The molecule has 2 aromatic rings. The summed E-state index contributed by atoms with van der Waals surface area (Å²) in [5.41, 5.74) is -2.87. The third-order valence-electron chi connectivity index (χ3n) is 4.82. The zero-order chi connectivity index (χ0) is 20.1. The highest BCUT2D eigenvalue weighted by molar-refractivity contribution is 8.00. The van der Waals surface area contributed by atoms with Crippen LogP contribution in [0.1, 0.15) is 18.4 Å². The van der Waals surface area contributed by atoms with Crippen LogP contribution in [0.4, 0.5) is 24.0 Å². The summed E-state index contributed by atoms with van der Waals surface area (Å²) in [6.07, 6.45) is -3.37. The minimum absolute atomic E-state index is 0.0974. The van der Waals surface area contributed by atoms with Crippen molar-refractivity contribution in [3.8, 4) is 0 Å². The summed E-state index contributed by atoms with van der Waals surface area (Å²) in [6, 6.07) is 1.10. The Morgan fingerprint density at radius 3 is 2.57 bits per heavy atom. The van der Waals surface area contributed by atoms with Gasteiger partial charge in [0.1, 0.15) is 9.63 Å². The summed E-state index contributed by atoms with van der Waals surface area (Å²) >= 11 is 2.63. The van der Waals surface area contributed by atoms with Crippen molar-refractivity contribution in [1.29, 1.82) is 0 Å². The van der Waals surface area contributed by atoms with E-state index in [9.17, 15) is 28.1 Å². The first-order chi connectivity index (χ1) is 13.2. The van der Waals surface area contributed by atoms with Crippen molar-refractivity contribution in [2.24, 2.45) is 0 Å². The second-order valence-electron chi connectivity index (χ2n) is 6.52. The molecule has 2 aliphatic heterocycles. The number of halogens is 3. The molecule has 2 fully saturated rings. The van der Waals surface area contributed by atoms with Crippen molar-refractivity contribution in [2.75, 3.05) is 30.3 Å². The highest BCUT2D eigenvalue weighted by atomic mass is 32.2. The second-order valence-corrected chi connectivity index (χ2v) is 8.94. The van der Waals surface area contributed by atoms with Crippen LogP contribution in [-0.2, 0) is 10.9 Å². The SMILES string of the molecule is O=c1nc(N2CCC3(CC2)OCCS3)sc2c([N+](=O)[O-])cc(C(F)(F)F)cc12. The standard InChI is InChI=1S/C16H14F3N3O4S2/c17-16(18,19)9-7-10-12(11(8-9)22(24)25)28-14(20-13(10)23)21-3-1-15(2-4-21)26-5-6-27-15/h7-8H,1-6H2. The van der Waals surface area contributed by atoms with E-state index in [4.69, 9.17) is 4.74 Å². The Hall–Kier alpha value is -1.92. The molecule has 0 atom stereocenters. The van der Waals surface area contributed by atoms with Gasteiger partial charge in [-0.3, -0.25) is 14.9 Å². The quantitative estimate of drug-likeness (QED) is 0.528. The molecule has 0 unspecified atom stereocenters. The summed E-state index contributed by atoms with van der Waals surface area (Å²) in [5.74, 6) is 0.926. The largest absolute Gasteiger partial charge is 0.416 e. The summed E-state index contributed by atoms with van der Waals surface area (Å²) in [6.45, 7) is 1.80. The molecule has 12 heteroatoms. The fourth-order valence-electron chi connectivity index (χ4n) is 3.40.